The van der Waals surface area contributed by atoms with Crippen molar-refractivity contribution >= 4 is 53.3 Å². The molecule has 6 heteroatoms. The lowest BCUT2D eigenvalue weighted by Crippen LogP contribution is -2.54. The number of benzene rings is 3. The fourth-order valence-electron chi connectivity index (χ4n) is 3.60. The van der Waals surface area contributed by atoms with Crippen LogP contribution in [0.4, 0.5) is 0 Å². The van der Waals surface area contributed by atoms with Crippen molar-refractivity contribution < 1.29 is 4.79 Å². The highest BCUT2D eigenvalue weighted by molar-refractivity contribution is 8.14. The highest BCUT2D eigenvalue weighted by Gasteiger charge is 2.41. The van der Waals surface area contributed by atoms with Crippen LogP contribution < -0.4 is 10.6 Å². The SMILES string of the molecule is C[Si](C)(C)N(C(=O)c1ccccc1)C(=Pc1ccccc1)P(c1ccccc1)[Si](C)(C)C. The summed E-state index contributed by atoms with van der Waals surface area (Å²) in [6, 6.07) is 31.3. The Bertz CT molecular complexity index is 1060. The van der Waals surface area contributed by atoms with Gasteiger partial charge < -0.3 is 4.57 Å². The molecule has 1 atom stereocenters. The number of hydrogen-bond acceptors (Lipinski definition) is 1. The van der Waals surface area contributed by atoms with E-state index < -0.39 is 23.4 Å². The van der Waals surface area contributed by atoms with E-state index in [1.54, 1.807) is 0 Å². The Morgan fingerprint density at radius 3 is 1.66 bits per heavy atom. The van der Waals surface area contributed by atoms with E-state index >= 15 is 0 Å². The van der Waals surface area contributed by atoms with Crippen LogP contribution >= 0.6 is 15.7 Å². The van der Waals surface area contributed by atoms with Crippen LogP contribution in [-0.4, -0.2) is 31.6 Å². The standard InChI is InChI=1S/C26H33NOP2Si2/c1-31(2,3)27(25(28)22-16-10-7-11-17-22)26(29-23-18-12-8-13-19-23)30(32(4,5)6)24-20-14-9-15-21-24/h7-21H,1-6H3. The third kappa shape index (κ3) is 6.14. The summed E-state index contributed by atoms with van der Waals surface area (Å²) in [7, 11) is -3.22. The quantitative estimate of drug-likeness (QED) is 0.257. The molecule has 0 saturated carbocycles. The molecule has 0 aliphatic rings. The van der Waals surface area contributed by atoms with Crippen molar-refractivity contribution in [2.75, 3.05) is 0 Å². The Hall–Kier alpha value is -1.84. The maximum Gasteiger partial charge on any atom is 0.250 e. The third-order valence-corrected chi connectivity index (χ3v) is 17.7. The van der Waals surface area contributed by atoms with Gasteiger partial charge in [0, 0.05) is 10.9 Å². The summed E-state index contributed by atoms with van der Waals surface area (Å²) < 4.78 is 2.24. The number of hydrogen-bond donors (Lipinski definition) is 0. The number of amides is 1. The van der Waals surface area contributed by atoms with Crippen LogP contribution in [0.3, 0.4) is 0 Å². The van der Waals surface area contributed by atoms with Gasteiger partial charge in [0.15, 0.2) is 8.24 Å². The largest absolute Gasteiger partial charge is 0.333 e. The Morgan fingerprint density at radius 1 is 0.719 bits per heavy atom. The number of rotatable bonds is 7. The highest BCUT2D eigenvalue weighted by atomic mass is 31.4. The zero-order valence-electron chi connectivity index (χ0n) is 19.9. The number of carbonyl (C=O) groups excluding carboxylic acids is 1. The fraction of sp³-hybridized carbons (Fsp3) is 0.231. The molecule has 2 nitrogen and oxygen atoms in total. The van der Waals surface area contributed by atoms with E-state index in [-0.39, 0.29) is 5.91 Å². The van der Waals surface area contributed by atoms with Gasteiger partial charge in [-0.25, -0.2) is 0 Å². The van der Waals surface area contributed by atoms with Crippen molar-refractivity contribution in [2.45, 2.75) is 39.3 Å². The van der Waals surface area contributed by atoms with Gasteiger partial charge in [0.05, 0.1) is 12.9 Å². The van der Waals surface area contributed by atoms with Crippen molar-refractivity contribution in [2.24, 2.45) is 0 Å². The zero-order valence-corrected chi connectivity index (χ0v) is 23.7. The number of nitrogens with zero attached hydrogens (tertiary/aromatic N) is 1. The molecule has 0 saturated heterocycles. The molecule has 166 valence electrons. The average molecular weight is 494 g/mol. The van der Waals surface area contributed by atoms with Crippen LogP contribution in [0.5, 0.6) is 0 Å². The average Bonchev–Trinajstić information content (AvgIpc) is 2.74. The van der Waals surface area contributed by atoms with Crippen LogP contribution in [0.2, 0.25) is 39.3 Å². The molecule has 0 aromatic heterocycles. The second-order valence-electron chi connectivity index (χ2n) is 9.77. The molecular formula is C26H33NOP2Si2. The van der Waals surface area contributed by atoms with Gasteiger partial charge >= 0.3 is 0 Å². The van der Waals surface area contributed by atoms with Gasteiger partial charge in [-0.2, -0.15) is 0 Å². The van der Waals surface area contributed by atoms with Gasteiger partial charge in [0.1, 0.15) is 0 Å². The predicted octanol–water partition coefficient (Wildman–Crippen LogP) is 6.97. The first-order chi connectivity index (χ1) is 15.1. The zero-order chi connectivity index (χ0) is 23.4. The maximum atomic E-state index is 14.0. The number of carbonyl (C=O) groups is 1. The van der Waals surface area contributed by atoms with E-state index in [0.29, 0.717) is 0 Å². The molecule has 0 aliphatic heterocycles. The lowest BCUT2D eigenvalue weighted by molar-refractivity contribution is 0.0909. The first-order valence-electron chi connectivity index (χ1n) is 11.0. The van der Waals surface area contributed by atoms with Crippen molar-refractivity contribution in [1.29, 1.82) is 0 Å². The molecule has 0 radical (unpaired) electrons. The van der Waals surface area contributed by atoms with E-state index in [1.165, 1.54) is 15.8 Å². The van der Waals surface area contributed by atoms with E-state index in [1.807, 2.05) is 30.3 Å². The first kappa shape index (κ1) is 24.8. The topological polar surface area (TPSA) is 20.3 Å². The smallest absolute Gasteiger partial charge is 0.250 e. The molecule has 0 bridgehead atoms. The minimum Gasteiger partial charge on any atom is -0.333 e. The normalized spacial score (nSPS) is 13.5. The molecule has 32 heavy (non-hydrogen) atoms. The molecular weight excluding hydrogens is 460 g/mol. The molecule has 0 spiro atoms. The van der Waals surface area contributed by atoms with Crippen LogP contribution in [-0.2, 0) is 0 Å². The summed E-state index contributed by atoms with van der Waals surface area (Å²) in [6.07, 6.45) is 0. The second kappa shape index (κ2) is 10.4. The predicted molar refractivity (Wildman–Crippen MR) is 150 cm³/mol. The minimum atomic E-state index is -2.05. The Labute approximate surface area is 198 Å². The molecule has 0 aliphatic carbocycles. The molecule has 3 aromatic rings. The van der Waals surface area contributed by atoms with Gasteiger partial charge in [-0.1, -0.05) is 118 Å². The van der Waals surface area contributed by atoms with Crippen molar-refractivity contribution in [3.8, 4) is 0 Å². The van der Waals surface area contributed by atoms with Crippen LogP contribution in [0.15, 0.2) is 91.0 Å². The lowest BCUT2D eigenvalue weighted by atomic mass is 10.2. The van der Waals surface area contributed by atoms with Gasteiger partial charge in [-0.15, -0.1) is 0 Å². The molecule has 3 rings (SSSR count). The van der Waals surface area contributed by atoms with Gasteiger partial charge in [-0.3, -0.25) is 4.79 Å². The first-order valence-corrected chi connectivity index (χ1v) is 21.0. The van der Waals surface area contributed by atoms with E-state index in [9.17, 15) is 4.79 Å². The molecule has 1 unspecified atom stereocenters. The van der Waals surface area contributed by atoms with E-state index in [0.717, 1.165) is 13.8 Å². The summed E-state index contributed by atoms with van der Waals surface area (Å²) >= 11 is 0. The van der Waals surface area contributed by atoms with E-state index in [2.05, 4.69) is 105 Å². The summed E-state index contributed by atoms with van der Waals surface area (Å²) in [5, 5.41) is 3.92. The second-order valence-corrected chi connectivity index (χ2v) is 27.4. The Kier molecular flexibility index (Phi) is 8.06. The molecule has 0 fully saturated rings. The Balaban J connectivity index is 2.29. The fourth-order valence-corrected chi connectivity index (χ4v) is 19.7. The minimum absolute atomic E-state index is 0.143. The van der Waals surface area contributed by atoms with Gasteiger partial charge in [0.2, 0.25) is 0 Å². The molecule has 0 N–H and O–H groups in total. The lowest BCUT2D eigenvalue weighted by Gasteiger charge is -2.43. The maximum absolute atomic E-state index is 14.0. The van der Waals surface area contributed by atoms with Crippen LogP contribution in [0, 0.1) is 0 Å². The molecule has 1 amide bonds. The third-order valence-electron chi connectivity index (χ3n) is 4.97. The Morgan fingerprint density at radius 2 is 1.19 bits per heavy atom. The van der Waals surface area contributed by atoms with Crippen molar-refractivity contribution in [3.05, 3.63) is 96.6 Å². The summed E-state index contributed by atoms with van der Waals surface area (Å²) in [6.45, 7) is 14.2. The summed E-state index contributed by atoms with van der Waals surface area (Å²) in [5.41, 5.74) is 0.772. The van der Waals surface area contributed by atoms with Crippen LogP contribution in [0.25, 0.3) is 0 Å². The molecule has 3 aromatic carbocycles. The highest BCUT2D eigenvalue weighted by Crippen LogP contribution is 2.51. The van der Waals surface area contributed by atoms with Crippen molar-refractivity contribution in [1.82, 2.24) is 4.57 Å². The van der Waals surface area contributed by atoms with Gasteiger partial charge in [-0.05, 0) is 33.1 Å². The summed E-state index contributed by atoms with van der Waals surface area (Å²) in [5.74, 6) is 0.143. The molecule has 0 heterocycles. The van der Waals surface area contributed by atoms with Gasteiger partial charge in [0.25, 0.3) is 5.91 Å². The van der Waals surface area contributed by atoms with Crippen molar-refractivity contribution in [3.63, 3.8) is 0 Å². The summed E-state index contributed by atoms with van der Waals surface area (Å²) in [4.78, 5) is 14.0. The monoisotopic (exact) mass is 493 g/mol. The van der Waals surface area contributed by atoms with Crippen LogP contribution in [0.1, 0.15) is 10.4 Å². The van der Waals surface area contributed by atoms with E-state index in [4.69, 9.17) is 0 Å².